The lowest BCUT2D eigenvalue weighted by Gasteiger charge is -2.13. The maximum Gasteiger partial charge on any atom is 0.259 e. The number of aliphatic hydroxyl groups is 1. The van der Waals surface area contributed by atoms with Crippen LogP contribution in [0.1, 0.15) is 5.56 Å². The maximum atomic E-state index is 11.5. The van der Waals surface area contributed by atoms with Gasteiger partial charge in [-0.3, -0.25) is 9.59 Å². The number of amides is 2. The van der Waals surface area contributed by atoms with E-state index in [1.165, 1.54) is 0 Å². The van der Waals surface area contributed by atoms with Crippen molar-refractivity contribution in [1.82, 2.24) is 0 Å². The third-order valence-corrected chi connectivity index (χ3v) is 2.32. The van der Waals surface area contributed by atoms with Crippen molar-refractivity contribution in [2.45, 2.75) is 6.42 Å². The van der Waals surface area contributed by atoms with E-state index in [2.05, 4.69) is 0 Å². The molecular formula is C10H10N2O3. The standard InChI is InChI=1S/C10H10N2O3/c11-7-1-2-8-6(3-7)4-9(14)12(8)10(15)5-13/h1-3,13H,4-5,11H2. The van der Waals surface area contributed by atoms with E-state index < -0.39 is 12.5 Å². The first-order chi connectivity index (χ1) is 7.13. The van der Waals surface area contributed by atoms with Crippen LogP contribution in [0.25, 0.3) is 0 Å². The molecule has 1 aliphatic heterocycles. The van der Waals surface area contributed by atoms with Crippen LogP contribution in [0.15, 0.2) is 18.2 Å². The monoisotopic (exact) mass is 206 g/mol. The lowest BCUT2D eigenvalue weighted by molar-refractivity contribution is -0.127. The zero-order chi connectivity index (χ0) is 11.0. The summed E-state index contributed by atoms with van der Waals surface area (Å²) in [5, 5.41) is 8.73. The quantitative estimate of drug-likeness (QED) is 0.616. The predicted octanol–water partition coefficient (Wildman–Crippen LogP) is -0.323. The number of anilines is 2. The number of fused-ring (bicyclic) bond motifs is 1. The largest absolute Gasteiger partial charge is 0.399 e. The summed E-state index contributed by atoms with van der Waals surface area (Å²) >= 11 is 0. The van der Waals surface area contributed by atoms with Crippen LogP contribution in [0, 0.1) is 0 Å². The van der Waals surface area contributed by atoms with Gasteiger partial charge >= 0.3 is 0 Å². The summed E-state index contributed by atoms with van der Waals surface area (Å²) in [5.41, 5.74) is 7.37. The molecule has 0 unspecified atom stereocenters. The zero-order valence-corrected chi connectivity index (χ0v) is 7.93. The fourth-order valence-electron chi connectivity index (χ4n) is 1.69. The van der Waals surface area contributed by atoms with Crippen molar-refractivity contribution in [3.8, 4) is 0 Å². The molecule has 1 aromatic rings. The fraction of sp³-hybridized carbons (Fsp3) is 0.200. The molecule has 3 N–H and O–H groups in total. The highest BCUT2D eigenvalue weighted by molar-refractivity contribution is 6.19. The third-order valence-electron chi connectivity index (χ3n) is 2.32. The van der Waals surface area contributed by atoms with Crippen LogP contribution in [-0.2, 0) is 16.0 Å². The molecule has 0 atom stereocenters. The molecule has 0 saturated carbocycles. The summed E-state index contributed by atoms with van der Waals surface area (Å²) in [6, 6.07) is 4.90. The van der Waals surface area contributed by atoms with Gasteiger partial charge in [0.15, 0.2) is 0 Å². The smallest absolute Gasteiger partial charge is 0.259 e. The second-order valence-corrected chi connectivity index (χ2v) is 3.35. The van der Waals surface area contributed by atoms with Gasteiger partial charge in [0.25, 0.3) is 5.91 Å². The molecule has 15 heavy (non-hydrogen) atoms. The third kappa shape index (κ3) is 1.46. The lowest BCUT2D eigenvalue weighted by Crippen LogP contribution is -2.35. The van der Waals surface area contributed by atoms with Crippen molar-refractivity contribution in [3.05, 3.63) is 23.8 Å². The number of hydrogen-bond donors (Lipinski definition) is 2. The summed E-state index contributed by atoms with van der Waals surface area (Å²) in [6.45, 7) is -0.671. The number of imide groups is 1. The zero-order valence-electron chi connectivity index (χ0n) is 7.93. The molecule has 0 aromatic heterocycles. The molecule has 0 radical (unpaired) electrons. The Hall–Kier alpha value is -1.88. The highest BCUT2D eigenvalue weighted by Gasteiger charge is 2.31. The Labute approximate surface area is 86.1 Å². The average Bonchev–Trinajstić information content (AvgIpc) is 2.52. The molecule has 1 aromatic carbocycles. The minimum absolute atomic E-state index is 0.159. The van der Waals surface area contributed by atoms with E-state index in [1.807, 2.05) is 0 Å². The van der Waals surface area contributed by atoms with E-state index in [4.69, 9.17) is 10.8 Å². The number of carbonyl (C=O) groups is 2. The van der Waals surface area contributed by atoms with Crippen LogP contribution < -0.4 is 10.6 Å². The molecule has 0 fully saturated rings. The lowest BCUT2D eigenvalue weighted by atomic mass is 10.1. The molecule has 1 aliphatic rings. The summed E-state index contributed by atoms with van der Waals surface area (Å²) in [6.07, 6.45) is 0.159. The van der Waals surface area contributed by atoms with Crippen molar-refractivity contribution < 1.29 is 14.7 Å². The molecule has 0 aliphatic carbocycles. The van der Waals surface area contributed by atoms with Crippen LogP contribution >= 0.6 is 0 Å². The van der Waals surface area contributed by atoms with E-state index >= 15 is 0 Å². The van der Waals surface area contributed by atoms with E-state index in [1.54, 1.807) is 18.2 Å². The fourth-order valence-corrected chi connectivity index (χ4v) is 1.69. The van der Waals surface area contributed by atoms with Crippen molar-refractivity contribution in [3.63, 3.8) is 0 Å². The van der Waals surface area contributed by atoms with Gasteiger partial charge < -0.3 is 10.8 Å². The molecule has 1 heterocycles. The Morgan fingerprint density at radius 1 is 1.53 bits per heavy atom. The van der Waals surface area contributed by atoms with Gasteiger partial charge in [0.1, 0.15) is 6.61 Å². The number of aliphatic hydroxyl groups excluding tert-OH is 1. The molecule has 5 heteroatoms. The van der Waals surface area contributed by atoms with Gasteiger partial charge in [-0.25, -0.2) is 4.90 Å². The van der Waals surface area contributed by atoms with E-state index in [0.717, 1.165) is 10.5 Å². The summed E-state index contributed by atoms with van der Waals surface area (Å²) in [7, 11) is 0. The minimum Gasteiger partial charge on any atom is -0.399 e. The van der Waals surface area contributed by atoms with Crippen LogP contribution in [-0.4, -0.2) is 23.5 Å². The molecule has 0 spiro atoms. The number of carbonyl (C=O) groups excluding carboxylic acids is 2. The highest BCUT2D eigenvalue weighted by Crippen LogP contribution is 2.30. The number of hydrogen-bond acceptors (Lipinski definition) is 4. The van der Waals surface area contributed by atoms with Gasteiger partial charge in [-0.05, 0) is 23.8 Å². The summed E-state index contributed by atoms with van der Waals surface area (Å²) in [5.74, 6) is -0.932. The van der Waals surface area contributed by atoms with Gasteiger partial charge in [-0.15, -0.1) is 0 Å². The summed E-state index contributed by atoms with van der Waals surface area (Å²) in [4.78, 5) is 23.8. The predicted molar refractivity (Wildman–Crippen MR) is 54.1 cm³/mol. The van der Waals surface area contributed by atoms with Gasteiger partial charge in [0, 0.05) is 5.69 Å². The Kier molecular flexibility index (Phi) is 2.17. The number of benzene rings is 1. The normalized spacial score (nSPS) is 14.2. The molecule has 2 rings (SSSR count). The average molecular weight is 206 g/mol. The number of nitrogens with two attached hydrogens (primary N) is 1. The van der Waals surface area contributed by atoms with Crippen molar-refractivity contribution in [2.24, 2.45) is 0 Å². The highest BCUT2D eigenvalue weighted by atomic mass is 16.3. The van der Waals surface area contributed by atoms with Crippen LogP contribution in [0.5, 0.6) is 0 Å². The number of rotatable bonds is 1. The Morgan fingerprint density at radius 2 is 2.27 bits per heavy atom. The SMILES string of the molecule is Nc1ccc2c(c1)CC(=O)N2C(=O)CO. The van der Waals surface area contributed by atoms with Crippen LogP contribution in [0.2, 0.25) is 0 Å². The number of nitrogens with zero attached hydrogens (tertiary/aromatic N) is 1. The first-order valence-corrected chi connectivity index (χ1v) is 4.48. The second kappa shape index (κ2) is 3.36. The molecule has 5 nitrogen and oxygen atoms in total. The van der Waals surface area contributed by atoms with Crippen molar-refractivity contribution >= 4 is 23.2 Å². The van der Waals surface area contributed by atoms with Gasteiger partial charge in [0.2, 0.25) is 5.91 Å². The maximum absolute atomic E-state index is 11.5. The van der Waals surface area contributed by atoms with Gasteiger partial charge in [-0.1, -0.05) is 0 Å². The van der Waals surface area contributed by atoms with E-state index in [0.29, 0.717) is 11.4 Å². The topological polar surface area (TPSA) is 83.6 Å². The Bertz CT molecular complexity index is 442. The van der Waals surface area contributed by atoms with E-state index in [9.17, 15) is 9.59 Å². The minimum atomic E-state index is -0.671. The van der Waals surface area contributed by atoms with Crippen LogP contribution in [0.3, 0.4) is 0 Å². The first-order valence-electron chi connectivity index (χ1n) is 4.48. The van der Waals surface area contributed by atoms with Gasteiger partial charge in [-0.2, -0.15) is 0 Å². The molecule has 2 amide bonds. The number of nitrogen functional groups attached to an aromatic ring is 1. The molecule has 78 valence electrons. The Balaban J connectivity index is 2.46. The first kappa shape index (κ1) is 9.67. The molecular weight excluding hydrogens is 196 g/mol. The second-order valence-electron chi connectivity index (χ2n) is 3.35. The van der Waals surface area contributed by atoms with Crippen molar-refractivity contribution in [2.75, 3.05) is 17.2 Å². The van der Waals surface area contributed by atoms with Crippen molar-refractivity contribution in [1.29, 1.82) is 0 Å². The molecule has 0 saturated heterocycles. The molecule has 0 bridgehead atoms. The Morgan fingerprint density at radius 3 is 2.93 bits per heavy atom. The summed E-state index contributed by atoms with van der Waals surface area (Å²) < 4.78 is 0. The van der Waals surface area contributed by atoms with Gasteiger partial charge in [0.05, 0.1) is 12.1 Å². The van der Waals surface area contributed by atoms with Crippen LogP contribution in [0.4, 0.5) is 11.4 Å². The van der Waals surface area contributed by atoms with E-state index in [-0.39, 0.29) is 12.3 Å².